The second-order valence-electron chi connectivity index (χ2n) is 10.2. The highest BCUT2D eigenvalue weighted by atomic mass is 16.5. The van der Waals surface area contributed by atoms with Crippen LogP contribution in [-0.4, -0.2) is 67.6 Å². The lowest BCUT2D eigenvalue weighted by atomic mass is 9.63. The number of phenolic OH excluding ortho intramolecular Hbond substituents is 2. The van der Waals surface area contributed by atoms with Gasteiger partial charge in [-0.3, -0.25) is 4.79 Å². The van der Waals surface area contributed by atoms with E-state index in [1.165, 1.54) is 19.1 Å². The van der Waals surface area contributed by atoms with Gasteiger partial charge in [0.15, 0.2) is 5.78 Å². The first-order valence-electron chi connectivity index (χ1n) is 13.8. The van der Waals surface area contributed by atoms with Crippen molar-refractivity contribution in [2.24, 2.45) is 0 Å². The fraction of sp³-hybridized carbons (Fsp3) is 0.567. The van der Waals surface area contributed by atoms with Crippen LogP contribution in [0.15, 0.2) is 36.4 Å². The molecule has 38 heavy (non-hydrogen) atoms. The monoisotopic (exact) mass is 526 g/mol. The first-order valence-corrected chi connectivity index (χ1v) is 13.8. The van der Waals surface area contributed by atoms with Gasteiger partial charge in [-0.1, -0.05) is 32.9 Å². The Hall–Kier alpha value is -2.81. The number of aromatic hydroxyl groups is 2. The number of carbonyl (C=O) groups is 1. The first kappa shape index (κ1) is 29.7. The maximum absolute atomic E-state index is 13.2. The van der Waals surface area contributed by atoms with Crippen LogP contribution >= 0.6 is 0 Å². The van der Waals surface area contributed by atoms with Crippen molar-refractivity contribution < 1.29 is 30.0 Å². The second kappa shape index (κ2) is 13.8. The van der Waals surface area contributed by atoms with Crippen LogP contribution in [-0.2, 0) is 9.53 Å². The summed E-state index contributed by atoms with van der Waals surface area (Å²) in [6.45, 7) is 11.1. The number of hydrogen-bond donors (Lipinski definition) is 2. The molecule has 0 bridgehead atoms. The summed E-state index contributed by atoms with van der Waals surface area (Å²) < 4.78 is 5.37. The molecule has 0 amide bonds. The van der Waals surface area contributed by atoms with Crippen LogP contribution in [0.2, 0.25) is 0 Å². The van der Waals surface area contributed by atoms with Gasteiger partial charge in [0.1, 0.15) is 18.1 Å². The van der Waals surface area contributed by atoms with Gasteiger partial charge in [-0.25, -0.2) is 0 Å². The summed E-state index contributed by atoms with van der Waals surface area (Å²) in [5.74, 6) is -2.31. The van der Waals surface area contributed by atoms with Gasteiger partial charge in [-0.05, 0) is 55.7 Å². The van der Waals surface area contributed by atoms with Crippen LogP contribution in [0.25, 0.3) is 0 Å². The summed E-state index contributed by atoms with van der Waals surface area (Å²) >= 11 is 0. The quantitative estimate of drug-likeness (QED) is 0.340. The van der Waals surface area contributed by atoms with Crippen molar-refractivity contribution >= 4 is 17.2 Å². The van der Waals surface area contributed by atoms with Crippen molar-refractivity contribution in [3.63, 3.8) is 0 Å². The Bertz CT molecular complexity index is 1000. The van der Waals surface area contributed by atoms with Gasteiger partial charge >= 0.3 is 0 Å². The zero-order valence-electron chi connectivity index (χ0n) is 23.1. The van der Waals surface area contributed by atoms with Gasteiger partial charge in [-0.15, -0.1) is 12.2 Å². The molecule has 1 saturated carbocycles. The normalized spacial score (nSPS) is 20.7. The van der Waals surface area contributed by atoms with Crippen molar-refractivity contribution in [3.05, 3.63) is 47.5 Å². The van der Waals surface area contributed by atoms with E-state index in [1.54, 1.807) is 0 Å². The number of rotatable bonds is 15. The molecule has 0 saturated heterocycles. The van der Waals surface area contributed by atoms with Crippen molar-refractivity contribution in [2.75, 3.05) is 49.2 Å². The van der Waals surface area contributed by atoms with E-state index in [-0.39, 0.29) is 29.5 Å². The van der Waals surface area contributed by atoms with Gasteiger partial charge in [0.05, 0.1) is 6.61 Å². The van der Waals surface area contributed by atoms with E-state index < -0.39 is 24.0 Å². The van der Waals surface area contributed by atoms with Gasteiger partial charge < -0.3 is 35.0 Å². The Labute approximate surface area is 226 Å². The van der Waals surface area contributed by atoms with Crippen LogP contribution in [0.4, 0.5) is 11.4 Å². The minimum absolute atomic E-state index is 0.0305. The van der Waals surface area contributed by atoms with Crippen molar-refractivity contribution in [1.29, 1.82) is 0 Å². The summed E-state index contributed by atoms with van der Waals surface area (Å²) in [6, 6.07) is 10.7. The Morgan fingerprint density at radius 1 is 0.816 bits per heavy atom. The molecule has 2 unspecified atom stereocenters. The third-order valence-corrected chi connectivity index (χ3v) is 7.17. The van der Waals surface area contributed by atoms with E-state index in [1.807, 2.05) is 36.1 Å². The Morgan fingerprint density at radius 3 is 1.79 bits per heavy atom. The molecular weight excluding hydrogens is 484 g/mol. The minimum Gasteiger partial charge on any atom is -0.851 e. The zero-order chi connectivity index (χ0) is 27.8. The number of ether oxygens (including phenoxy) is 1. The largest absolute Gasteiger partial charge is 0.851 e. The van der Waals surface area contributed by atoms with Crippen molar-refractivity contribution in [1.82, 2.24) is 0 Å². The Morgan fingerprint density at radius 2 is 1.32 bits per heavy atom. The lowest BCUT2D eigenvalue weighted by Gasteiger charge is -2.61. The molecule has 0 aliphatic heterocycles. The molecule has 0 radical (unpaired) electrons. The number of benzene rings is 2. The molecule has 1 fully saturated rings. The molecule has 210 valence electrons. The predicted octanol–water partition coefficient (Wildman–Crippen LogP) is 2.89. The Balaban J connectivity index is 1.74. The summed E-state index contributed by atoms with van der Waals surface area (Å²) in [7, 11) is 0. The third-order valence-electron chi connectivity index (χ3n) is 7.17. The molecule has 2 aromatic carbocycles. The molecule has 1 aliphatic rings. The zero-order valence-corrected chi connectivity index (χ0v) is 23.1. The Kier molecular flexibility index (Phi) is 10.8. The van der Waals surface area contributed by atoms with E-state index in [9.17, 15) is 25.2 Å². The fourth-order valence-electron chi connectivity index (χ4n) is 5.36. The summed E-state index contributed by atoms with van der Waals surface area (Å²) in [4.78, 5) is 15.3. The predicted molar refractivity (Wildman–Crippen MR) is 146 cm³/mol. The van der Waals surface area contributed by atoms with Gasteiger partial charge in [0, 0.05) is 55.2 Å². The number of hydrogen-bond acceptors (Lipinski definition) is 8. The molecule has 0 aromatic heterocycles. The van der Waals surface area contributed by atoms with Crippen molar-refractivity contribution in [2.45, 2.75) is 71.0 Å². The average molecular weight is 527 g/mol. The molecule has 8 heteroatoms. The number of nitrogens with zero attached hydrogens (tertiary/aromatic N) is 2. The highest BCUT2D eigenvalue weighted by Gasteiger charge is 2.41. The van der Waals surface area contributed by atoms with Gasteiger partial charge in [0.25, 0.3) is 0 Å². The van der Waals surface area contributed by atoms with Crippen molar-refractivity contribution in [3.8, 4) is 11.5 Å². The van der Waals surface area contributed by atoms with E-state index >= 15 is 0 Å². The van der Waals surface area contributed by atoms with Crippen LogP contribution in [0, 0.1) is 0 Å². The number of anilines is 2. The SMILES string of the molecule is CCCN(CCC)c1ccc(C2C([O-])C(c3c(O)cc(N(CCC)CCOCC(C)=O)cc3O)C2[O-])cc1. The molecule has 0 heterocycles. The number of carbonyl (C=O) groups excluding carboxylic acids is 1. The smallest absolute Gasteiger partial charge is 0.155 e. The van der Waals surface area contributed by atoms with E-state index in [2.05, 4.69) is 18.7 Å². The van der Waals surface area contributed by atoms with E-state index in [0.29, 0.717) is 30.9 Å². The number of Topliss-reactive ketones (excluding diaryl/α,β-unsaturated/α-hetero) is 1. The van der Waals surface area contributed by atoms with E-state index in [4.69, 9.17) is 4.74 Å². The highest BCUT2D eigenvalue weighted by molar-refractivity contribution is 5.76. The lowest BCUT2D eigenvalue weighted by molar-refractivity contribution is -0.536. The van der Waals surface area contributed by atoms with Crippen LogP contribution < -0.4 is 20.0 Å². The molecule has 0 spiro atoms. The first-order chi connectivity index (χ1) is 18.2. The summed E-state index contributed by atoms with van der Waals surface area (Å²) in [6.07, 6.45) is 0.360. The minimum atomic E-state index is -1.26. The van der Waals surface area contributed by atoms with Crippen LogP contribution in [0.5, 0.6) is 11.5 Å². The van der Waals surface area contributed by atoms with Crippen LogP contribution in [0.1, 0.15) is 69.9 Å². The molecule has 1 aliphatic carbocycles. The topological polar surface area (TPSA) is 119 Å². The van der Waals surface area contributed by atoms with Gasteiger partial charge in [0.2, 0.25) is 0 Å². The third kappa shape index (κ3) is 6.79. The molecule has 2 atom stereocenters. The van der Waals surface area contributed by atoms with Crippen LogP contribution in [0.3, 0.4) is 0 Å². The number of phenols is 2. The number of ketones is 1. The fourth-order valence-corrected chi connectivity index (χ4v) is 5.36. The summed E-state index contributed by atoms with van der Waals surface area (Å²) in [5, 5.41) is 48.1. The van der Waals surface area contributed by atoms with Gasteiger partial charge in [-0.2, -0.15) is 0 Å². The highest BCUT2D eigenvalue weighted by Crippen LogP contribution is 2.51. The molecule has 3 rings (SSSR count). The molecule has 2 aromatic rings. The standard InChI is InChI=1S/C30H42N2O6/c1-5-12-31(13-6-2)22-10-8-21(9-11-22)26-29(36)28(30(26)37)27-24(34)17-23(18-25(27)35)32(14-7-3)15-16-38-19-20(4)33/h8-11,17-18,26,28-30,34-35H,5-7,12-16,19H2,1-4H3/q-2. The summed E-state index contributed by atoms with van der Waals surface area (Å²) in [5.41, 5.74) is 2.38. The average Bonchev–Trinajstić information content (AvgIpc) is 2.88. The lowest BCUT2D eigenvalue weighted by Crippen LogP contribution is -2.63. The maximum Gasteiger partial charge on any atom is 0.155 e. The maximum atomic E-state index is 13.2. The molecular formula is C30H42N2O6-2. The molecule has 8 nitrogen and oxygen atoms in total. The molecule has 2 N–H and O–H groups in total. The van der Waals surface area contributed by atoms with E-state index in [0.717, 1.165) is 38.0 Å². The second-order valence-corrected chi connectivity index (χ2v) is 10.2.